The highest BCUT2D eigenvalue weighted by atomic mass is 16.6. The minimum Gasteiger partial charge on any atom is -0.455 e. The van der Waals surface area contributed by atoms with Crippen LogP contribution in [0.4, 0.5) is 0 Å². The minimum atomic E-state index is -0.491. The zero-order valence-corrected chi connectivity index (χ0v) is 9.36. The van der Waals surface area contributed by atoms with Crippen LogP contribution in [-0.4, -0.2) is 27.9 Å². The van der Waals surface area contributed by atoms with Gasteiger partial charge in [-0.1, -0.05) is 0 Å². The quantitative estimate of drug-likeness (QED) is 0.751. The van der Waals surface area contributed by atoms with E-state index >= 15 is 0 Å². The Morgan fingerprint density at radius 3 is 2.80 bits per heavy atom. The van der Waals surface area contributed by atoms with E-state index in [1.165, 1.54) is 0 Å². The summed E-state index contributed by atoms with van der Waals surface area (Å²) in [6.07, 6.45) is 1.56. The third kappa shape index (κ3) is 3.36. The van der Waals surface area contributed by atoms with Crippen molar-refractivity contribution in [3.63, 3.8) is 0 Å². The number of nitrogens with zero attached hydrogens (tertiary/aromatic N) is 2. The van der Waals surface area contributed by atoms with Gasteiger partial charge in [0.15, 0.2) is 0 Å². The van der Waals surface area contributed by atoms with Gasteiger partial charge < -0.3 is 10.5 Å². The number of esters is 1. The van der Waals surface area contributed by atoms with Crippen LogP contribution in [0.1, 0.15) is 31.3 Å². The van der Waals surface area contributed by atoms with E-state index < -0.39 is 5.60 Å². The Balaban J connectivity index is 2.77. The molecule has 15 heavy (non-hydrogen) atoms. The molecule has 1 heterocycles. The van der Waals surface area contributed by atoms with Crippen molar-refractivity contribution < 1.29 is 9.53 Å². The molecule has 5 heteroatoms. The average molecular weight is 211 g/mol. The summed E-state index contributed by atoms with van der Waals surface area (Å²) in [5.74, 6) is -0.367. The van der Waals surface area contributed by atoms with Crippen molar-refractivity contribution in [2.24, 2.45) is 5.73 Å². The van der Waals surface area contributed by atoms with Crippen LogP contribution in [0.3, 0.4) is 0 Å². The first-order valence-corrected chi connectivity index (χ1v) is 4.89. The third-order valence-corrected chi connectivity index (χ3v) is 1.67. The molecule has 0 amide bonds. The second kappa shape index (κ2) is 4.44. The number of nitrogens with two attached hydrogens (primary N) is 1. The monoisotopic (exact) mass is 211 g/mol. The van der Waals surface area contributed by atoms with Crippen LogP contribution in [0.15, 0.2) is 12.3 Å². The fourth-order valence-electron chi connectivity index (χ4n) is 1.14. The van der Waals surface area contributed by atoms with E-state index in [9.17, 15) is 4.79 Å². The van der Waals surface area contributed by atoms with Gasteiger partial charge in [0.05, 0.1) is 6.54 Å². The lowest BCUT2D eigenvalue weighted by molar-refractivity contribution is 0.00562. The van der Waals surface area contributed by atoms with Gasteiger partial charge in [-0.15, -0.1) is 0 Å². The summed E-state index contributed by atoms with van der Waals surface area (Å²) in [7, 11) is 0. The Kier molecular flexibility index (Phi) is 3.47. The van der Waals surface area contributed by atoms with Crippen molar-refractivity contribution in [1.82, 2.24) is 9.78 Å². The molecule has 1 aromatic heterocycles. The van der Waals surface area contributed by atoms with E-state index in [1.807, 2.05) is 20.8 Å². The summed E-state index contributed by atoms with van der Waals surface area (Å²) in [4.78, 5) is 11.7. The van der Waals surface area contributed by atoms with Crippen LogP contribution >= 0.6 is 0 Å². The van der Waals surface area contributed by atoms with Crippen LogP contribution in [0, 0.1) is 0 Å². The number of rotatable bonds is 3. The van der Waals surface area contributed by atoms with Gasteiger partial charge in [-0.25, -0.2) is 4.79 Å². The fraction of sp³-hybridized carbons (Fsp3) is 0.600. The van der Waals surface area contributed by atoms with Crippen molar-refractivity contribution in [1.29, 1.82) is 0 Å². The minimum absolute atomic E-state index is 0.367. The number of carbonyl (C=O) groups is 1. The van der Waals surface area contributed by atoms with Gasteiger partial charge in [0, 0.05) is 12.7 Å². The summed E-state index contributed by atoms with van der Waals surface area (Å²) >= 11 is 0. The smallest absolute Gasteiger partial charge is 0.357 e. The van der Waals surface area contributed by atoms with E-state index in [2.05, 4.69) is 5.10 Å². The normalized spacial score (nSPS) is 11.5. The number of aromatic nitrogens is 2. The van der Waals surface area contributed by atoms with Crippen LogP contribution in [0.5, 0.6) is 0 Å². The summed E-state index contributed by atoms with van der Waals surface area (Å²) in [6, 6.07) is 1.63. The van der Waals surface area contributed by atoms with E-state index in [-0.39, 0.29) is 5.97 Å². The Morgan fingerprint density at radius 1 is 1.60 bits per heavy atom. The molecule has 0 aliphatic carbocycles. The zero-order valence-electron chi connectivity index (χ0n) is 9.36. The molecule has 0 atom stereocenters. The molecule has 0 spiro atoms. The molecule has 1 rings (SSSR count). The molecule has 0 aliphatic rings. The predicted octanol–water partition coefficient (Wildman–Crippen LogP) is 0.797. The maximum atomic E-state index is 11.7. The van der Waals surface area contributed by atoms with Crippen molar-refractivity contribution in [2.45, 2.75) is 32.9 Å². The van der Waals surface area contributed by atoms with E-state index in [0.29, 0.717) is 18.8 Å². The van der Waals surface area contributed by atoms with Gasteiger partial charge in [-0.05, 0) is 26.8 Å². The Bertz CT molecular complexity index is 339. The Hall–Kier alpha value is -1.36. The number of carbonyl (C=O) groups excluding carboxylic acids is 1. The van der Waals surface area contributed by atoms with Crippen molar-refractivity contribution in [2.75, 3.05) is 6.54 Å². The number of hydrogen-bond donors (Lipinski definition) is 1. The predicted molar refractivity (Wildman–Crippen MR) is 56.4 cm³/mol. The summed E-state index contributed by atoms with van der Waals surface area (Å²) in [5.41, 5.74) is 5.35. The molecule has 0 fully saturated rings. The molecule has 0 aliphatic heterocycles. The second-order valence-corrected chi connectivity index (χ2v) is 4.23. The molecule has 0 saturated carbocycles. The average Bonchev–Trinajstić information content (AvgIpc) is 2.49. The molecule has 0 aromatic carbocycles. The lowest BCUT2D eigenvalue weighted by Gasteiger charge is -2.19. The molecule has 1 aromatic rings. The van der Waals surface area contributed by atoms with E-state index in [0.717, 1.165) is 0 Å². The van der Waals surface area contributed by atoms with Gasteiger partial charge in [-0.3, -0.25) is 4.68 Å². The fourth-order valence-corrected chi connectivity index (χ4v) is 1.14. The molecular weight excluding hydrogens is 194 g/mol. The van der Waals surface area contributed by atoms with Crippen LogP contribution in [0.25, 0.3) is 0 Å². The van der Waals surface area contributed by atoms with Gasteiger partial charge in [-0.2, -0.15) is 5.10 Å². The molecular formula is C10H17N3O2. The highest BCUT2D eigenvalue weighted by Gasteiger charge is 2.20. The van der Waals surface area contributed by atoms with Crippen LogP contribution in [-0.2, 0) is 11.3 Å². The molecule has 2 N–H and O–H groups in total. The highest BCUT2D eigenvalue weighted by Crippen LogP contribution is 2.11. The van der Waals surface area contributed by atoms with Gasteiger partial charge >= 0.3 is 5.97 Å². The molecule has 0 radical (unpaired) electrons. The van der Waals surface area contributed by atoms with Gasteiger partial charge in [0.25, 0.3) is 0 Å². The van der Waals surface area contributed by atoms with Crippen LogP contribution < -0.4 is 5.73 Å². The van der Waals surface area contributed by atoms with E-state index in [1.54, 1.807) is 16.9 Å². The summed E-state index contributed by atoms with van der Waals surface area (Å²) in [5, 5.41) is 3.99. The van der Waals surface area contributed by atoms with Crippen molar-refractivity contribution >= 4 is 5.97 Å². The Morgan fingerprint density at radius 2 is 2.27 bits per heavy atom. The largest absolute Gasteiger partial charge is 0.455 e. The molecule has 0 bridgehead atoms. The third-order valence-electron chi connectivity index (χ3n) is 1.67. The van der Waals surface area contributed by atoms with Gasteiger partial charge in [0.2, 0.25) is 0 Å². The molecule has 0 saturated heterocycles. The Labute approximate surface area is 89.2 Å². The van der Waals surface area contributed by atoms with Gasteiger partial charge in [0.1, 0.15) is 11.3 Å². The standard InChI is InChI=1S/C10H17N3O2/c1-10(2,3)15-9(14)8-4-6-12-13(8)7-5-11/h4,6H,5,7,11H2,1-3H3. The first-order valence-electron chi connectivity index (χ1n) is 4.89. The zero-order chi connectivity index (χ0) is 11.5. The maximum absolute atomic E-state index is 11.7. The number of hydrogen-bond acceptors (Lipinski definition) is 4. The first-order chi connectivity index (χ1) is 6.94. The molecule has 0 unspecified atom stereocenters. The lowest BCUT2D eigenvalue weighted by Crippen LogP contribution is -2.26. The van der Waals surface area contributed by atoms with Crippen molar-refractivity contribution in [3.05, 3.63) is 18.0 Å². The molecule has 84 valence electrons. The molecule has 5 nitrogen and oxygen atoms in total. The lowest BCUT2D eigenvalue weighted by atomic mass is 10.2. The SMILES string of the molecule is CC(C)(C)OC(=O)c1ccnn1CCN. The first kappa shape index (κ1) is 11.7. The highest BCUT2D eigenvalue weighted by molar-refractivity contribution is 5.87. The second-order valence-electron chi connectivity index (χ2n) is 4.23. The maximum Gasteiger partial charge on any atom is 0.357 e. The summed E-state index contributed by atoms with van der Waals surface area (Å²) in [6.45, 7) is 6.44. The van der Waals surface area contributed by atoms with E-state index in [4.69, 9.17) is 10.5 Å². The topological polar surface area (TPSA) is 70.1 Å². The summed E-state index contributed by atoms with van der Waals surface area (Å²) < 4.78 is 6.78. The van der Waals surface area contributed by atoms with Crippen molar-refractivity contribution in [3.8, 4) is 0 Å². The number of ether oxygens (including phenoxy) is 1. The van der Waals surface area contributed by atoms with Crippen LogP contribution in [0.2, 0.25) is 0 Å².